The third-order valence-electron chi connectivity index (χ3n) is 5.73. The minimum absolute atomic E-state index is 0.00744. The Kier molecular flexibility index (Phi) is 10.1. The van der Waals surface area contributed by atoms with Crippen molar-refractivity contribution in [3.63, 3.8) is 0 Å². The molecule has 0 fully saturated rings. The predicted molar refractivity (Wildman–Crippen MR) is 133 cm³/mol. The van der Waals surface area contributed by atoms with Crippen LogP contribution in [0.1, 0.15) is 19.4 Å². The van der Waals surface area contributed by atoms with Crippen LogP contribution in [0.4, 0.5) is 0 Å². The summed E-state index contributed by atoms with van der Waals surface area (Å²) in [6, 6.07) is 11.8. The summed E-state index contributed by atoms with van der Waals surface area (Å²) >= 11 is 5.99. The topological polar surface area (TPSA) is 104 Å². The molecule has 0 aliphatic rings. The maximum atomic E-state index is 13.3. The van der Waals surface area contributed by atoms with Crippen molar-refractivity contribution < 1.29 is 26.7 Å². The molecular weight excluding hydrogens is 500 g/mol. The van der Waals surface area contributed by atoms with Crippen LogP contribution < -0.4 is 0 Å². The minimum Gasteiger partial charge on any atom is -0.395 e. The molecule has 0 unspecified atom stereocenters. The van der Waals surface area contributed by atoms with Crippen LogP contribution in [0.3, 0.4) is 0 Å². The number of aliphatic hydroxyl groups excluding tert-OH is 1. The Hall–Kier alpha value is -1.53. The van der Waals surface area contributed by atoms with E-state index in [1.807, 2.05) is 6.92 Å². The van der Waals surface area contributed by atoms with Crippen molar-refractivity contribution in [2.75, 3.05) is 33.9 Å². The Bertz CT molecular complexity index is 1160. The molecular formula is C23H33ClN2O6S2. The largest absolute Gasteiger partial charge is 0.395 e. The average Bonchev–Trinajstić information content (AvgIpc) is 2.80. The number of likely N-dealkylation sites (N-methyl/N-ethyl adjacent to an activating group) is 1. The monoisotopic (exact) mass is 532 g/mol. The van der Waals surface area contributed by atoms with Gasteiger partial charge in [-0.05, 0) is 50.1 Å². The van der Waals surface area contributed by atoms with Gasteiger partial charge in [0.1, 0.15) is 0 Å². The lowest BCUT2D eigenvalue weighted by molar-refractivity contribution is 0.0360. The molecule has 11 heteroatoms. The van der Waals surface area contributed by atoms with E-state index in [0.29, 0.717) is 0 Å². The molecule has 190 valence electrons. The quantitative estimate of drug-likeness (QED) is 0.450. The summed E-state index contributed by atoms with van der Waals surface area (Å²) in [7, 11) is -4.81. The Balaban J connectivity index is 2.26. The van der Waals surface area contributed by atoms with Gasteiger partial charge in [0.15, 0.2) is 0 Å². The molecule has 0 saturated heterocycles. The van der Waals surface area contributed by atoms with Gasteiger partial charge in [0.2, 0.25) is 20.0 Å². The van der Waals surface area contributed by atoms with Gasteiger partial charge in [-0.3, -0.25) is 0 Å². The first-order valence-electron chi connectivity index (χ1n) is 10.8. The van der Waals surface area contributed by atoms with E-state index in [2.05, 4.69) is 0 Å². The number of rotatable bonds is 12. The van der Waals surface area contributed by atoms with Gasteiger partial charge in [-0.25, -0.2) is 16.8 Å². The molecule has 0 amide bonds. The SMILES string of the molecule is CO[C@H](CN(C)S(=O)(=O)c1ccc(C)cc1)[C@H](C)CN([C@@H](C)CO)S(=O)(=O)c1cccc(Cl)c1. The smallest absolute Gasteiger partial charge is 0.243 e. The summed E-state index contributed by atoms with van der Waals surface area (Å²) in [6.07, 6.45) is -0.604. The molecule has 0 spiro atoms. The second kappa shape index (κ2) is 11.9. The fourth-order valence-corrected chi connectivity index (χ4v) is 6.71. The van der Waals surface area contributed by atoms with Crippen LogP contribution in [0.15, 0.2) is 58.3 Å². The van der Waals surface area contributed by atoms with Crippen LogP contribution in [0.5, 0.6) is 0 Å². The molecule has 0 radical (unpaired) electrons. The number of hydrogen-bond donors (Lipinski definition) is 1. The van der Waals surface area contributed by atoms with Gasteiger partial charge in [0, 0.05) is 38.3 Å². The van der Waals surface area contributed by atoms with Crippen LogP contribution in [0, 0.1) is 12.8 Å². The zero-order valence-corrected chi connectivity index (χ0v) is 22.4. The van der Waals surface area contributed by atoms with Crippen molar-refractivity contribution in [3.05, 3.63) is 59.1 Å². The zero-order chi connectivity index (χ0) is 25.7. The summed E-state index contributed by atoms with van der Waals surface area (Å²) in [5.74, 6) is -0.399. The Morgan fingerprint density at radius 3 is 2.12 bits per heavy atom. The van der Waals surface area contributed by atoms with Crippen molar-refractivity contribution in [1.29, 1.82) is 0 Å². The predicted octanol–water partition coefficient (Wildman–Crippen LogP) is 2.99. The molecule has 0 aliphatic carbocycles. The van der Waals surface area contributed by atoms with E-state index in [4.69, 9.17) is 16.3 Å². The summed E-state index contributed by atoms with van der Waals surface area (Å²) in [6.45, 7) is 4.90. The third kappa shape index (κ3) is 6.78. The second-order valence-corrected chi connectivity index (χ2v) is 12.8. The van der Waals surface area contributed by atoms with Crippen LogP contribution in [-0.4, -0.2) is 76.6 Å². The van der Waals surface area contributed by atoms with E-state index in [-0.39, 0.29) is 34.5 Å². The lowest BCUT2D eigenvalue weighted by Gasteiger charge is -2.33. The highest BCUT2D eigenvalue weighted by molar-refractivity contribution is 7.89. The van der Waals surface area contributed by atoms with E-state index in [9.17, 15) is 21.9 Å². The van der Waals surface area contributed by atoms with Gasteiger partial charge in [-0.1, -0.05) is 42.3 Å². The molecule has 0 heterocycles. The molecule has 0 bridgehead atoms. The zero-order valence-electron chi connectivity index (χ0n) is 20.0. The van der Waals surface area contributed by atoms with Gasteiger partial charge in [-0.15, -0.1) is 0 Å². The fraction of sp³-hybridized carbons (Fsp3) is 0.478. The summed E-state index contributed by atoms with van der Waals surface area (Å²) < 4.78 is 60.6. The molecule has 0 aliphatic heterocycles. The molecule has 0 aromatic heterocycles. The number of nitrogens with zero attached hydrogens (tertiary/aromatic N) is 2. The van der Waals surface area contributed by atoms with E-state index in [0.717, 1.165) is 5.56 Å². The number of benzene rings is 2. The first kappa shape index (κ1) is 28.7. The highest BCUT2D eigenvalue weighted by atomic mass is 35.5. The number of sulfonamides is 2. The number of halogens is 1. The molecule has 1 N–H and O–H groups in total. The van der Waals surface area contributed by atoms with Gasteiger partial charge in [0.05, 0.1) is 22.5 Å². The Morgan fingerprint density at radius 2 is 1.59 bits per heavy atom. The minimum atomic E-state index is -3.97. The van der Waals surface area contributed by atoms with Gasteiger partial charge in [-0.2, -0.15) is 8.61 Å². The second-order valence-electron chi connectivity index (χ2n) is 8.41. The molecule has 2 rings (SSSR count). The average molecular weight is 533 g/mol. The lowest BCUT2D eigenvalue weighted by atomic mass is 10.0. The highest BCUT2D eigenvalue weighted by Crippen LogP contribution is 2.25. The van der Waals surface area contributed by atoms with Gasteiger partial charge >= 0.3 is 0 Å². The molecule has 0 saturated carbocycles. The number of methoxy groups -OCH3 is 1. The maximum Gasteiger partial charge on any atom is 0.243 e. The summed E-state index contributed by atoms with van der Waals surface area (Å²) in [5, 5.41) is 10.0. The van der Waals surface area contributed by atoms with Crippen molar-refractivity contribution in [2.24, 2.45) is 5.92 Å². The first-order chi connectivity index (χ1) is 15.8. The maximum absolute atomic E-state index is 13.3. The molecule has 2 aromatic rings. The van der Waals surface area contributed by atoms with Crippen LogP contribution in [0.2, 0.25) is 5.02 Å². The molecule has 34 heavy (non-hydrogen) atoms. The Morgan fingerprint density at radius 1 is 0.971 bits per heavy atom. The third-order valence-corrected chi connectivity index (χ3v) is 9.78. The van der Waals surface area contributed by atoms with Gasteiger partial charge < -0.3 is 9.84 Å². The molecule has 8 nitrogen and oxygen atoms in total. The number of aliphatic hydroxyl groups is 1. The van der Waals surface area contributed by atoms with Crippen molar-refractivity contribution >= 4 is 31.6 Å². The first-order valence-corrected chi connectivity index (χ1v) is 14.0. The number of hydrogen-bond acceptors (Lipinski definition) is 6. The van der Waals surface area contributed by atoms with E-state index in [1.54, 1.807) is 50.2 Å². The van der Waals surface area contributed by atoms with Crippen LogP contribution >= 0.6 is 11.6 Å². The van der Waals surface area contributed by atoms with Crippen LogP contribution in [0.25, 0.3) is 0 Å². The van der Waals surface area contributed by atoms with Crippen molar-refractivity contribution in [3.8, 4) is 0 Å². The van der Waals surface area contributed by atoms with E-state index < -0.39 is 38.1 Å². The summed E-state index contributed by atoms with van der Waals surface area (Å²) in [5.41, 5.74) is 0.948. The number of aryl methyl sites for hydroxylation is 1. The normalized spacial score (nSPS) is 15.4. The van der Waals surface area contributed by atoms with Gasteiger partial charge in [0.25, 0.3) is 0 Å². The highest BCUT2D eigenvalue weighted by Gasteiger charge is 2.34. The van der Waals surface area contributed by atoms with E-state index in [1.165, 1.54) is 34.9 Å². The fourth-order valence-electron chi connectivity index (χ4n) is 3.50. The molecule has 2 aromatic carbocycles. The van der Waals surface area contributed by atoms with Crippen LogP contribution in [-0.2, 0) is 24.8 Å². The molecule has 3 atom stereocenters. The standard InChI is InChI=1S/C23H33ClN2O6S2/c1-17-9-11-21(12-10-17)33(28,29)25(4)15-23(32-5)18(2)14-26(19(3)16-27)34(30,31)22-8-6-7-20(24)13-22/h6-13,18-19,23,27H,14-16H2,1-5H3/t18-,19+,23-/m1/s1. The summed E-state index contributed by atoms with van der Waals surface area (Å²) in [4.78, 5) is 0.183. The van der Waals surface area contributed by atoms with Crippen molar-refractivity contribution in [2.45, 2.75) is 42.7 Å². The van der Waals surface area contributed by atoms with Crippen molar-refractivity contribution in [1.82, 2.24) is 8.61 Å². The Labute approximate surface area is 208 Å². The van der Waals surface area contributed by atoms with E-state index >= 15 is 0 Å². The lowest BCUT2D eigenvalue weighted by Crippen LogP contribution is -2.47. The number of ether oxygens (including phenoxy) is 1.